The fourth-order valence-electron chi connectivity index (χ4n) is 1.14. The zero-order valence-corrected chi connectivity index (χ0v) is 9.11. The van der Waals surface area contributed by atoms with Gasteiger partial charge in [0, 0.05) is 16.6 Å². The highest BCUT2D eigenvalue weighted by molar-refractivity contribution is 6.30. The molecule has 0 heterocycles. The Kier molecular flexibility index (Phi) is 6.04. The second-order valence-corrected chi connectivity index (χ2v) is 3.29. The molecule has 1 aromatic carbocycles. The Morgan fingerprint density at radius 2 is 2.07 bits per heavy atom. The summed E-state index contributed by atoms with van der Waals surface area (Å²) < 4.78 is 13.2. The van der Waals surface area contributed by atoms with Crippen molar-refractivity contribution in [3.05, 3.63) is 34.6 Å². The van der Waals surface area contributed by atoms with Crippen LogP contribution in [0.4, 0.5) is 4.39 Å². The number of nitrogens with two attached hydrogens (primary N) is 2. The van der Waals surface area contributed by atoms with E-state index in [4.69, 9.17) is 23.1 Å². The van der Waals surface area contributed by atoms with E-state index in [1.165, 1.54) is 6.07 Å². The maximum Gasteiger partial charge on any atom is 0.129 e. The van der Waals surface area contributed by atoms with Crippen molar-refractivity contribution in [2.45, 2.75) is 12.5 Å². The molecule has 0 fully saturated rings. The van der Waals surface area contributed by atoms with Gasteiger partial charge in [-0.05, 0) is 25.1 Å². The van der Waals surface area contributed by atoms with Crippen LogP contribution < -0.4 is 11.5 Å². The average Bonchev–Trinajstić information content (AvgIpc) is 2.04. The van der Waals surface area contributed by atoms with Crippen molar-refractivity contribution in [1.29, 1.82) is 0 Å². The number of hydrogen-bond donors (Lipinski definition) is 2. The first-order chi connectivity index (χ1) is 6.15. The van der Waals surface area contributed by atoms with Crippen LogP contribution in [0.3, 0.4) is 0 Å². The normalized spacial score (nSPS) is 12.0. The molecule has 80 valence electrons. The molecule has 0 unspecified atom stereocenters. The minimum absolute atomic E-state index is 0. The maximum absolute atomic E-state index is 13.2. The monoisotopic (exact) mass is 238 g/mol. The highest BCUT2D eigenvalue weighted by Crippen LogP contribution is 2.20. The topological polar surface area (TPSA) is 52.0 Å². The van der Waals surface area contributed by atoms with E-state index in [9.17, 15) is 4.39 Å². The number of hydrogen-bond acceptors (Lipinski definition) is 2. The van der Waals surface area contributed by atoms with Gasteiger partial charge < -0.3 is 11.5 Å². The second kappa shape index (κ2) is 6.19. The molecule has 2 nitrogen and oxygen atoms in total. The van der Waals surface area contributed by atoms with Gasteiger partial charge in [0.25, 0.3) is 0 Å². The predicted molar refractivity (Wildman–Crippen MR) is 59.3 cm³/mol. The van der Waals surface area contributed by atoms with Crippen LogP contribution in [0, 0.1) is 5.82 Å². The van der Waals surface area contributed by atoms with Crippen LogP contribution >= 0.6 is 24.0 Å². The second-order valence-electron chi connectivity index (χ2n) is 2.85. The molecule has 0 bridgehead atoms. The first kappa shape index (κ1) is 13.7. The van der Waals surface area contributed by atoms with Gasteiger partial charge in [0.05, 0.1) is 0 Å². The van der Waals surface area contributed by atoms with Crippen LogP contribution in [0.5, 0.6) is 0 Å². The van der Waals surface area contributed by atoms with Crippen LogP contribution in [0.15, 0.2) is 18.2 Å². The number of benzene rings is 1. The largest absolute Gasteiger partial charge is 0.330 e. The fraction of sp³-hybridized carbons (Fsp3) is 0.333. The average molecular weight is 239 g/mol. The van der Waals surface area contributed by atoms with Crippen molar-refractivity contribution in [1.82, 2.24) is 0 Å². The molecule has 0 aliphatic rings. The molecule has 0 saturated carbocycles. The number of rotatable bonds is 3. The molecule has 14 heavy (non-hydrogen) atoms. The van der Waals surface area contributed by atoms with Crippen molar-refractivity contribution in [2.75, 3.05) is 6.54 Å². The van der Waals surface area contributed by atoms with E-state index in [1.54, 1.807) is 12.1 Å². The molecule has 0 amide bonds. The zero-order valence-electron chi connectivity index (χ0n) is 7.54. The Morgan fingerprint density at radius 1 is 1.43 bits per heavy atom. The molecule has 1 atom stereocenters. The van der Waals surface area contributed by atoms with Gasteiger partial charge in [-0.3, -0.25) is 0 Å². The molecule has 1 rings (SSSR count). The van der Waals surface area contributed by atoms with Crippen LogP contribution in [0.2, 0.25) is 5.02 Å². The van der Waals surface area contributed by atoms with Gasteiger partial charge in [-0.2, -0.15) is 0 Å². The van der Waals surface area contributed by atoms with Crippen molar-refractivity contribution in [3.8, 4) is 0 Å². The lowest BCUT2D eigenvalue weighted by Crippen LogP contribution is -2.16. The quantitative estimate of drug-likeness (QED) is 0.849. The van der Waals surface area contributed by atoms with Gasteiger partial charge in [0.2, 0.25) is 0 Å². The van der Waals surface area contributed by atoms with E-state index in [-0.39, 0.29) is 24.3 Å². The molecule has 1 aromatic rings. The van der Waals surface area contributed by atoms with E-state index < -0.39 is 0 Å². The molecule has 0 radical (unpaired) electrons. The van der Waals surface area contributed by atoms with E-state index in [0.717, 1.165) is 0 Å². The molecular formula is C9H13Cl2FN2. The van der Waals surface area contributed by atoms with Gasteiger partial charge in [-0.1, -0.05) is 17.7 Å². The minimum Gasteiger partial charge on any atom is -0.330 e. The van der Waals surface area contributed by atoms with Gasteiger partial charge in [-0.15, -0.1) is 12.4 Å². The summed E-state index contributed by atoms with van der Waals surface area (Å²) in [5, 5.41) is 0.376. The van der Waals surface area contributed by atoms with Crippen molar-refractivity contribution in [3.63, 3.8) is 0 Å². The van der Waals surface area contributed by atoms with Crippen molar-refractivity contribution in [2.24, 2.45) is 11.5 Å². The third-order valence-electron chi connectivity index (χ3n) is 1.84. The third-order valence-corrected chi connectivity index (χ3v) is 2.07. The van der Waals surface area contributed by atoms with Gasteiger partial charge >= 0.3 is 0 Å². The highest BCUT2D eigenvalue weighted by atomic mass is 35.5. The van der Waals surface area contributed by atoms with Crippen LogP contribution in [-0.4, -0.2) is 6.54 Å². The van der Waals surface area contributed by atoms with Crippen molar-refractivity contribution >= 4 is 24.0 Å². The smallest absolute Gasteiger partial charge is 0.129 e. The van der Waals surface area contributed by atoms with Gasteiger partial charge in [-0.25, -0.2) is 4.39 Å². The summed E-state index contributed by atoms with van der Waals surface area (Å²) in [6.07, 6.45) is 0.568. The van der Waals surface area contributed by atoms with Crippen LogP contribution in [-0.2, 0) is 0 Å². The Bertz CT molecular complexity index is 294. The van der Waals surface area contributed by atoms with E-state index in [0.29, 0.717) is 23.6 Å². The first-order valence-corrected chi connectivity index (χ1v) is 4.43. The maximum atomic E-state index is 13.2. The summed E-state index contributed by atoms with van der Waals surface area (Å²) in [5.41, 5.74) is 11.5. The Hall–Kier alpha value is -0.350. The molecule has 0 saturated heterocycles. The molecule has 5 heteroatoms. The summed E-state index contributed by atoms with van der Waals surface area (Å²) >= 11 is 5.59. The Balaban J connectivity index is 0.00000169. The molecule has 0 spiro atoms. The molecule has 0 aliphatic heterocycles. The van der Waals surface area contributed by atoms with Gasteiger partial charge in [0.1, 0.15) is 5.82 Å². The standard InChI is InChI=1S/C9H12ClFN2.ClH/c10-6-1-2-7(8(11)5-6)9(13)3-4-12;/h1-2,5,9H,3-4,12-13H2;1H/t9-;/m0./s1. The SMILES string of the molecule is Cl.NCC[C@H](N)c1ccc(Cl)cc1F. The van der Waals surface area contributed by atoms with E-state index >= 15 is 0 Å². The summed E-state index contributed by atoms with van der Waals surface area (Å²) in [4.78, 5) is 0. The lowest BCUT2D eigenvalue weighted by Gasteiger charge is -2.11. The zero-order chi connectivity index (χ0) is 9.84. The van der Waals surface area contributed by atoms with Crippen LogP contribution in [0.25, 0.3) is 0 Å². The summed E-state index contributed by atoms with van der Waals surface area (Å²) in [6.45, 7) is 0.448. The fourth-order valence-corrected chi connectivity index (χ4v) is 1.30. The van der Waals surface area contributed by atoms with Gasteiger partial charge in [0.15, 0.2) is 0 Å². The lowest BCUT2D eigenvalue weighted by atomic mass is 10.0. The van der Waals surface area contributed by atoms with Crippen LogP contribution in [0.1, 0.15) is 18.0 Å². The van der Waals surface area contributed by atoms with E-state index in [2.05, 4.69) is 0 Å². The number of halogens is 3. The lowest BCUT2D eigenvalue weighted by molar-refractivity contribution is 0.567. The highest BCUT2D eigenvalue weighted by Gasteiger charge is 2.10. The van der Waals surface area contributed by atoms with Crippen molar-refractivity contribution < 1.29 is 4.39 Å². The molecule has 4 N–H and O–H groups in total. The molecule has 0 aromatic heterocycles. The third kappa shape index (κ3) is 3.42. The van der Waals surface area contributed by atoms with E-state index in [1.807, 2.05) is 0 Å². The molecule has 0 aliphatic carbocycles. The minimum atomic E-state index is -0.367. The predicted octanol–water partition coefficient (Wildman–Crippen LogP) is 2.25. The first-order valence-electron chi connectivity index (χ1n) is 4.05. The summed E-state index contributed by atoms with van der Waals surface area (Å²) in [6, 6.07) is 4.13. The summed E-state index contributed by atoms with van der Waals surface area (Å²) in [5.74, 6) is -0.367. The summed E-state index contributed by atoms with van der Waals surface area (Å²) in [7, 11) is 0. The Morgan fingerprint density at radius 3 is 2.57 bits per heavy atom. The molecular weight excluding hydrogens is 226 g/mol. The Labute approximate surface area is 93.8 Å².